The first-order chi connectivity index (χ1) is 7.80. The average Bonchev–Trinajstić information content (AvgIpc) is 2.29. The maximum absolute atomic E-state index is 11.7. The van der Waals surface area contributed by atoms with Crippen LogP contribution >= 0.6 is 0 Å². The first kappa shape index (κ1) is 13.5. The second kappa shape index (κ2) is 8.55. The average molecular weight is 222 g/mol. The third kappa shape index (κ3) is 6.09. The molecule has 0 spiro atoms. The van der Waals surface area contributed by atoms with Gasteiger partial charge in [0.1, 0.15) is 0 Å². The topological polar surface area (TPSA) is 17.1 Å². The van der Waals surface area contributed by atoms with Gasteiger partial charge in [0, 0.05) is 6.42 Å². The van der Waals surface area contributed by atoms with E-state index in [-0.39, 0.29) is 0 Å². The molecular formula is C15H26O. The van der Waals surface area contributed by atoms with E-state index < -0.39 is 0 Å². The predicted molar refractivity (Wildman–Crippen MR) is 69.6 cm³/mol. The number of hydrogen-bond acceptors (Lipinski definition) is 1. The lowest BCUT2D eigenvalue weighted by Crippen LogP contribution is -1.99. The Morgan fingerprint density at radius 3 is 1.94 bits per heavy atom. The van der Waals surface area contributed by atoms with Gasteiger partial charge in [-0.2, -0.15) is 0 Å². The third-order valence-electron chi connectivity index (χ3n) is 3.50. The molecule has 0 heterocycles. The summed E-state index contributed by atoms with van der Waals surface area (Å²) in [6.07, 6.45) is 15.8. The summed E-state index contributed by atoms with van der Waals surface area (Å²) >= 11 is 0. The molecule has 0 saturated heterocycles. The van der Waals surface area contributed by atoms with Crippen molar-refractivity contribution >= 4 is 5.78 Å². The lowest BCUT2D eigenvalue weighted by atomic mass is 10.0. The van der Waals surface area contributed by atoms with E-state index in [0.717, 1.165) is 24.8 Å². The predicted octanol–water partition coefficient (Wildman–Crippen LogP) is 4.81. The second-order valence-corrected chi connectivity index (χ2v) is 5.03. The molecule has 0 aromatic rings. The zero-order chi connectivity index (χ0) is 11.6. The number of hydrogen-bond donors (Lipinski definition) is 0. The Hall–Kier alpha value is -0.590. The summed E-state index contributed by atoms with van der Waals surface area (Å²) in [6, 6.07) is 0. The lowest BCUT2D eigenvalue weighted by molar-refractivity contribution is -0.115. The van der Waals surface area contributed by atoms with Crippen molar-refractivity contribution in [2.24, 2.45) is 0 Å². The molecule has 0 aromatic heterocycles. The minimum absolute atomic E-state index is 0.372. The van der Waals surface area contributed by atoms with Crippen LogP contribution in [-0.2, 0) is 4.79 Å². The minimum Gasteiger partial charge on any atom is -0.295 e. The molecule has 0 unspecified atom stereocenters. The first-order valence-electron chi connectivity index (χ1n) is 7.00. The molecule has 1 rings (SSSR count). The molecular weight excluding hydrogens is 196 g/mol. The molecule has 1 heteroatoms. The molecule has 1 nitrogen and oxygen atoms in total. The molecule has 1 aliphatic carbocycles. The smallest absolute Gasteiger partial charge is 0.158 e. The van der Waals surface area contributed by atoms with Gasteiger partial charge in [-0.1, -0.05) is 51.0 Å². The number of Topliss-reactive ketones (excluding diaryl/α,β-unsaturated/α-hetero) is 1. The monoisotopic (exact) mass is 222 g/mol. The van der Waals surface area contributed by atoms with Gasteiger partial charge < -0.3 is 0 Å². The van der Waals surface area contributed by atoms with E-state index in [4.69, 9.17) is 0 Å². The molecule has 0 N–H and O–H groups in total. The summed E-state index contributed by atoms with van der Waals surface area (Å²) in [5.74, 6) is 0.372. The van der Waals surface area contributed by atoms with Gasteiger partial charge in [-0.3, -0.25) is 4.79 Å². The van der Waals surface area contributed by atoms with Gasteiger partial charge in [0.15, 0.2) is 5.78 Å². The number of ketones is 1. The van der Waals surface area contributed by atoms with Crippen molar-refractivity contribution in [2.75, 3.05) is 0 Å². The van der Waals surface area contributed by atoms with Crippen LogP contribution in [0.25, 0.3) is 0 Å². The Kier molecular flexibility index (Phi) is 7.20. The largest absolute Gasteiger partial charge is 0.295 e. The molecule has 1 aliphatic rings. The van der Waals surface area contributed by atoms with E-state index in [1.54, 1.807) is 0 Å². The normalized spacial score (nSPS) is 25.6. The van der Waals surface area contributed by atoms with Crippen LogP contribution in [0.5, 0.6) is 0 Å². The molecule has 0 radical (unpaired) electrons. The minimum atomic E-state index is 0.372. The summed E-state index contributed by atoms with van der Waals surface area (Å²) in [5, 5.41) is 0. The zero-order valence-electron chi connectivity index (χ0n) is 10.8. The Labute approximate surface area is 100 Å². The molecule has 0 amide bonds. The highest BCUT2D eigenvalue weighted by Crippen LogP contribution is 2.14. The second-order valence-electron chi connectivity index (χ2n) is 5.03. The highest BCUT2D eigenvalue weighted by molar-refractivity contribution is 5.94. The van der Waals surface area contributed by atoms with Crippen molar-refractivity contribution in [1.82, 2.24) is 0 Å². The highest BCUT2D eigenvalue weighted by Gasteiger charge is 2.04. The SMILES string of the molecule is C/C1=C\CCCCCCCCCCCC1=O. The fraction of sp³-hybridized carbons (Fsp3) is 0.800. The van der Waals surface area contributed by atoms with Crippen LogP contribution < -0.4 is 0 Å². The van der Waals surface area contributed by atoms with Crippen molar-refractivity contribution in [1.29, 1.82) is 0 Å². The van der Waals surface area contributed by atoms with E-state index in [0.29, 0.717) is 5.78 Å². The van der Waals surface area contributed by atoms with Crippen LogP contribution in [0.15, 0.2) is 11.6 Å². The van der Waals surface area contributed by atoms with Gasteiger partial charge >= 0.3 is 0 Å². The first-order valence-corrected chi connectivity index (χ1v) is 7.00. The Morgan fingerprint density at radius 2 is 1.31 bits per heavy atom. The maximum Gasteiger partial charge on any atom is 0.158 e. The van der Waals surface area contributed by atoms with Crippen LogP contribution in [0.1, 0.15) is 77.6 Å². The van der Waals surface area contributed by atoms with Gasteiger partial charge in [0.25, 0.3) is 0 Å². The standard InChI is InChI=1S/C15H26O/c1-14-12-10-8-6-4-2-3-5-7-9-11-13-15(14)16/h12H,2-11,13H2,1H3/b14-12+. The van der Waals surface area contributed by atoms with E-state index in [2.05, 4.69) is 6.08 Å². The number of carbonyl (C=O) groups excluding carboxylic acids is 1. The molecule has 0 aromatic carbocycles. The van der Waals surface area contributed by atoms with Crippen LogP contribution in [0, 0.1) is 0 Å². The molecule has 0 saturated carbocycles. The van der Waals surface area contributed by atoms with E-state index in [1.165, 1.54) is 51.4 Å². The molecule has 0 aliphatic heterocycles. The lowest BCUT2D eigenvalue weighted by Gasteiger charge is -2.05. The summed E-state index contributed by atoms with van der Waals surface area (Å²) in [4.78, 5) is 11.7. The fourth-order valence-corrected chi connectivity index (χ4v) is 2.30. The zero-order valence-corrected chi connectivity index (χ0v) is 10.8. The quantitative estimate of drug-likeness (QED) is 0.575. The van der Waals surface area contributed by atoms with E-state index in [1.807, 2.05) is 6.92 Å². The number of allylic oxidation sites excluding steroid dienone is 2. The van der Waals surface area contributed by atoms with Crippen LogP contribution in [0.3, 0.4) is 0 Å². The van der Waals surface area contributed by atoms with Crippen molar-refractivity contribution in [3.63, 3.8) is 0 Å². The van der Waals surface area contributed by atoms with Crippen molar-refractivity contribution in [2.45, 2.75) is 77.6 Å². The van der Waals surface area contributed by atoms with Crippen LogP contribution in [0.2, 0.25) is 0 Å². The number of rotatable bonds is 0. The molecule has 0 fully saturated rings. The van der Waals surface area contributed by atoms with Crippen molar-refractivity contribution < 1.29 is 4.79 Å². The molecule has 92 valence electrons. The Bertz CT molecular complexity index is 228. The fourth-order valence-electron chi connectivity index (χ4n) is 2.30. The Morgan fingerprint density at radius 1 is 0.812 bits per heavy atom. The third-order valence-corrected chi connectivity index (χ3v) is 3.50. The van der Waals surface area contributed by atoms with Crippen LogP contribution in [0.4, 0.5) is 0 Å². The van der Waals surface area contributed by atoms with E-state index >= 15 is 0 Å². The number of carbonyl (C=O) groups is 1. The molecule has 0 atom stereocenters. The summed E-state index contributed by atoms with van der Waals surface area (Å²) in [6.45, 7) is 1.98. The van der Waals surface area contributed by atoms with Gasteiger partial charge in [0.2, 0.25) is 0 Å². The van der Waals surface area contributed by atoms with Crippen molar-refractivity contribution in [3.05, 3.63) is 11.6 Å². The van der Waals surface area contributed by atoms with E-state index in [9.17, 15) is 4.79 Å². The van der Waals surface area contributed by atoms with Gasteiger partial charge in [-0.15, -0.1) is 0 Å². The molecule has 0 bridgehead atoms. The Balaban J connectivity index is 2.35. The highest BCUT2D eigenvalue weighted by atomic mass is 16.1. The van der Waals surface area contributed by atoms with Gasteiger partial charge in [-0.25, -0.2) is 0 Å². The maximum atomic E-state index is 11.7. The molecule has 16 heavy (non-hydrogen) atoms. The summed E-state index contributed by atoms with van der Waals surface area (Å²) in [5.41, 5.74) is 0.997. The summed E-state index contributed by atoms with van der Waals surface area (Å²) < 4.78 is 0. The summed E-state index contributed by atoms with van der Waals surface area (Å²) in [7, 11) is 0. The van der Waals surface area contributed by atoms with Crippen LogP contribution in [-0.4, -0.2) is 5.78 Å². The van der Waals surface area contributed by atoms with Gasteiger partial charge in [0.05, 0.1) is 0 Å². The van der Waals surface area contributed by atoms with Crippen molar-refractivity contribution in [3.8, 4) is 0 Å². The van der Waals surface area contributed by atoms with Gasteiger partial charge in [-0.05, 0) is 31.8 Å².